The highest BCUT2D eigenvalue weighted by Gasteiger charge is 2.09. The summed E-state index contributed by atoms with van der Waals surface area (Å²) >= 11 is 3.98. The number of fused-ring (bicyclic) bond motifs is 1. The summed E-state index contributed by atoms with van der Waals surface area (Å²) in [6.45, 7) is 3.36. The Morgan fingerprint density at radius 1 is 0.862 bits per heavy atom. The summed E-state index contributed by atoms with van der Waals surface area (Å²) < 4.78 is 24.0. The Kier molecular flexibility index (Phi) is 9.58. The zero-order valence-electron chi connectivity index (χ0n) is 16.0. The summed E-state index contributed by atoms with van der Waals surface area (Å²) in [6.07, 6.45) is 0. The second kappa shape index (κ2) is 12.4. The molecule has 0 bridgehead atoms. The van der Waals surface area contributed by atoms with Gasteiger partial charge >= 0.3 is 0 Å². The average molecular weight is 529 g/mol. The predicted octanol–water partition coefficient (Wildman–Crippen LogP) is 3.99. The van der Waals surface area contributed by atoms with E-state index in [0.29, 0.717) is 46.2 Å². The molecule has 0 atom stereocenters. The van der Waals surface area contributed by atoms with Crippen LogP contribution in [0.4, 0.5) is 0 Å². The van der Waals surface area contributed by atoms with Gasteiger partial charge in [-0.2, -0.15) is 0 Å². The number of para-hydroxylation sites is 1. The summed E-state index contributed by atoms with van der Waals surface area (Å²) in [5.41, 5.74) is 2.13. The van der Waals surface area contributed by atoms with Crippen molar-refractivity contribution in [1.29, 1.82) is 0 Å². The molecule has 0 saturated heterocycles. The molecule has 1 heterocycles. The zero-order chi connectivity index (χ0) is 20.3. The van der Waals surface area contributed by atoms with Gasteiger partial charge in [-0.3, -0.25) is 0 Å². The van der Waals surface area contributed by atoms with Crippen LogP contribution in [-0.2, 0) is 14.2 Å². The lowest BCUT2D eigenvalue weighted by Crippen LogP contribution is -2.13. The first-order valence-electron chi connectivity index (χ1n) is 9.40. The van der Waals surface area contributed by atoms with Crippen molar-refractivity contribution in [1.82, 2.24) is 4.98 Å². The average Bonchev–Trinajstić information content (AvgIpc) is 3.17. The number of hydrogen-bond donors (Lipinski definition) is 1. The van der Waals surface area contributed by atoms with Crippen molar-refractivity contribution >= 4 is 44.1 Å². The third-order valence-corrected chi connectivity index (χ3v) is 5.87. The highest BCUT2D eigenvalue weighted by Crippen LogP contribution is 2.33. The van der Waals surface area contributed by atoms with Gasteiger partial charge in [-0.25, -0.2) is 4.98 Å². The summed E-state index contributed by atoms with van der Waals surface area (Å²) in [4.78, 5) is 4.71. The normalized spacial score (nSPS) is 11.2. The van der Waals surface area contributed by atoms with E-state index in [2.05, 4.69) is 34.7 Å². The molecule has 2 aromatic carbocycles. The third-order valence-electron chi connectivity index (χ3n) is 3.94. The van der Waals surface area contributed by atoms with Crippen molar-refractivity contribution in [3.8, 4) is 16.3 Å². The molecule has 1 aromatic heterocycles. The lowest BCUT2D eigenvalue weighted by molar-refractivity contribution is 0.00357. The zero-order valence-corrected chi connectivity index (χ0v) is 19.0. The Labute approximate surface area is 187 Å². The molecular weight excluding hydrogens is 505 g/mol. The Bertz CT molecular complexity index is 855. The molecule has 3 aromatic rings. The molecule has 6 nitrogen and oxygen atoms in total. The summed E-state index contributed by atoms with van der Waals surface area (Å²) in [5.74, 6) is 0.844. The van der Waals surface area contributed by atoms with Gasteiger partial charge in [0.2, 0.25) is 0 Å². The van der Waals surface area contributed by atoms with Crippen LogP contribution in [0.5, 0.6) is 5.75 Å². The molecule has 3 rings (SSSR count). The van der Waals surface area contributed by atoms with E-state index in [1.807, 2.05) is 30.3 Å². The molecule has 8 heteroatoms. The summed E-state index contributed by atoms with van der Waals surface area (Å²) in [7, 11) is 0. The molecule has 0 aliphatic heterocycles. The van der Waals surface area contributed by atoms with Gasteiger partial charge < -0.3 is 24.1 Å². The van der Waals surface area contributed by atoms with E-state index < -0.39 is 0 Å². The van der Waals surface area contributed by atoms with Crippen molar-refractivity contribution in [3.05, 3.63) is 46.0 Å². The minimum absolute atomic E-state index is 0.0345. The molecule has 156 valence electrons. The number of hydrogen-bond acceptors (Lipinski definition) is 7. The number of aliphatic hydroxyl groups excluding tert-OH is 1. The summed E-state index contributed by atoms with van der Waals surface area (Å²) in [5, 5.41) is 9.60. The molecule has 0 radical (unpaired) electrons. The van der Waals surface area contributed by atoms with Gasteiger partial charge in [-0.15, -0.1) is 11.3 Å². The molecule has 0 unspecified atom stereocenters. The lowest BCUT2D eigenvalue weighted by Gasteiger charge is -2.10. The molecule has 0 spiro atoms. The van der Waals surface area contributed by atoms with E-state index >= 15 is 0 Å². The van der Waals surface area contributed by atoms with Crippen LogP contribution in [0.3, 0.4) is 0 Å². The quantitative estimate of drug-likeness (QED) is 0.267. The maximum atomic E-state index is 8.58. The first-order chi connectivity index (χ1) is 14.3. The van der Waals surface area contributed by atoms with Gasteiger partial charge in [0.05, 0.1) is 60.0 Å². The third kappa shape index (κ3) is 7.16. The van der Waals surface area contributed by atoms with Crippen molar-refractivity contribution in [2.24, 2.45) is 0 Å². The molecule has 29 heavy (non-hydrogen) atoms. The number of halogens is 1. The van der Waals surface area contributed by atoms with Crippen molar-refractivity contribution < 1.29 is 24.1 Å². The van der Waals surface area contributed by atoms with Gasteiger partial charge in [0.15, 0.2) is 0 Å². The van der Waals surface area contributed by atoms with Gasteiger partial charge in [-0.1, -0.05) is 12.1 Å². The van der Waals surface area contributed by atoms with E-state index in [0.717, 1.165) is 25.4 Å². The number of benzene rings is 2. The highest BCUT2D eigenvalue weighted by molar-refractivity contribution is 14.1. The Hall–Kier alpha value is -1.30. The molecule has 0 saturated carbocycles. The maximum absolute atomic E-state index is 8.58. The second-order valence-electron chi connectivity index (χ2n) is 6.04. The molecule has 0 amide bonds. The van der Waals surface area contributed by atoms with Crippen LogP contribution >= 0.6 is 33.9 Å². The number of rotatable bonds is 13. The Balaban J connectivity index is 1.36. The Morgan fingerprint density at radius 2 is 1.55 bits per heavy atom. The number of aliphatic hydroxyl groups is 1. The SMILES string of the molecule is OCCOCCOCCOCCOc1ccc(-c2nc3ccccc3s2)cc1I. The van der Waals surface area contributed by atoms with Crippen molar-refractivity contribution in [3.63, 3.8) is 0 Å². The maximum Gasteiger partial charge on any atom is 0.132 e. The fraction of sp³-hybridized carbons (Fsp3) is 0.381. The van der Waals surface area contributed by atoms with Crippen LogP contribution in [0.2, 0.25) is 0 Å². The number of thiazole rings is 1. The van der Waals surface area contributed by atoms with Crippen molar-refractivity contribution in [2.45, 2.75) is 0 Å². The summed E-state index contributed by atoms with van der Waals surface area (Å²) in [6, 6.07) is 14.3. The minimum atomic E-state index is 0.0345. The first-order valence-corrected chi connectivity index (χ1v) is 11.3. The second-order valence-corrected chi connectivity index (χ2v) is 8.23. The van der Waals surface area contributed by atoms with Crippen molar-refractivity contribution in [2.75, 3.05) is 52.9 Å². The van der Waals surface area contributed by atoms with Gasteiger partial charge in [0, 0.05) is 5.56 Å². The fourth-order valence-electron chi connectivity index (χ4n) is 2.56. The number of aromatic nitrogens is 1. The van der Waals surface area contributed by atoms with Gasteiger partial charge in [0.1, 0.15) is 17.4 Å². The number of ether oxygens (including phenoxy) is 4. The van der Waals surface area contributed by atoms with E-state index in [4.69, 9.17) is 29.0 Å². The first kappa shape index (κ1) is 22.4. The lowest BCUT2D eigenvalue weighted by atomic mass is 10.2. The molecule has 0 fully saturated rings. The van der Waals surface area contributed by atoms with Gasteiger partial charge in [0.25, 0.3) is 0 Å². The molecule has 1 N–H and O–H groups in total. The van der Waals surface area contributed by atoms with Crippen LogP contribution in [0.15, 0.2) is 42.5 Å². The highest BCUT2D eigenvalue weighted by atomic mass is 127. The van der Waals surface area contributed by atoms with Crippen LogP contribution in [0, 0.1) is 3.57 Å². The van der Waals surface area contributed by atoms with E-state index in [1.165, 1.54) is 4.70 Å². The van der Waals surface area contributed by atoms with E-state index in [-0.39, 0.29) is 6.61 Å². The van der Waals surface area contributed by atoms with Crippen LogP contribution in [0.25, 0.3) is 20.8 Å². The van der Waals surface area contributed by atoms with Crippen LogP contribution in [0.1, 0.15) is 0 Å². The van der Waals surface area contributed by atoms with Crippen LogP contribution in [-0.4, -0.2) is 62.9 Å². The largest absolute Gasteiger partial charge is 0.490 e. The number of nitrogens with zero attached hydrogens (tertiary/aromatic N) is 1. The van der Waals surface area contributed by atoms with E-state index in [1.54, 1.807) is 11.3 Å². The molecule has 0 aliphatic rings. The fourth-order valence-corrected chi connectivity index (χ4v) is 4.20. The Morgan fingerprint density at radius 3 is 2.24 bits per heavy atom. The standard InChI is InChI=1S/C21H24INO5S/c22-17-15-16(21-23-18-3-1-2-4-20(18)29-21)5-6-19(17)28-14-13-27-12-11-26-10-9-25-8-7-24/h1-6,15,24H,7-14H2. The minimum Gasteiger partial charge on any atom is -0.490 e. The van der Waals surface area contributed by atoms with E-state index in [9.17, 15) is 0 Å². The molecular formula is C21H24INO5S. The van der Waals surface area contributed by atoms with Gasteiger partial charge in [-0.05, 0) is 52.9 Å². The predicted molar refractivity (Wildman–Crippen MR) is 123 cm³/mol. The molecule has 0 aliphatic carbocycles. The smallest absolute Gasteiger partial charge is 0.132 e. The monoisotopic (exact) mass is 529 g/mol. The van der Waals surface area contributed by atoms with Crippen LogP contribution < -0.4 is 4.74 Å². The topological polar surface area (TPSA) is 70.0 Å².